The third-order valence-corrected chi connectivity index (χ3v) is 5.04. The van der Waals surface area contributed by atoms with E-state index in [4.69, 9.17) is 5.11 Å². The van der Waals surface area contributed by atoms with Gasteiger partial charge in [0.25, 0.3) is 5.91 Å². The third-order valence-electron chi connectivity index (χ3n) is 4.24. The van der Waals surface area contributed by atoms with Crippen molar-refractivity contribution >= 4 is 28.1 Å². The van der Waals surface area contributed by atoms with Crippen molar-refractivity contribution in [1.82, 2.24) is 4.98 Å². The maximum Gasteiger partial charge on any atom is 0.257 e. The largest absolute Gasteiger partial charge is 0.396 e. The summed E-state index contributed by atoms with van der Waals surface area (Å²) in [6, 6.07) is 15.8. The van der Waals surface area contributed by atoms with E-state index in [0.717, 1.165) is 23.4 Å². The first-order valence-electron chi connectivity index (χ1n) is 8.97. The summed E-state index contributed by atoms with van der Waals surface area (Å²) in [6.45, 7) is 2.90. The Morgan fingerprint density at radius 2 is 1.93 bits per heavy atom. The van der Waals surface area contributed by atoms with Crippen LogP contribution in [0, 0.1) is 0 Å². The number of para-hydroxylation sites is 1. The Hall–Kier alpha value is -2.70. The zero-order valence-corrected chi connectivity index (χ0v) is 16.1. The minimum Gasteiger partial charge on any atom is -0.396 e. The summed E-state index contributed by atoms with van der Waals surface area (Å²) in [5.74, 6) is -0.185. The second-order valence-electron chi connectivity index (χ2n) is 6.13. The van der Waals surface area contributed by atoms with Crippen molar-refractivity contribution < 1.29 is 9.90 Å². The number of aliphatic hydroxyl groups excluding tert-OH is 1. The third kappa shape index (κ3) is 5.15. The number of anilines is 2. The van der Waals surface area contributed by atoms with Crippen LogP contribution in [0.15, 0.2) is 53.9 Å². The van der Waals surface area contributed by atoms with Gasteiger partial charge in [-0.1, -0.05) is 37.3 Å². The van der Waals surface area contributed by atoms with Crippen molar-refractivity contribution in [3.63, 3.8) is 0 Å². The molecule has 0 atom stereocenters. The summed E-state index contributed by atoms with van der Waals surface area (Å²) >= 11 is 1.36. The maximum atomic E-state index is 12.3. The van der Waals surface area contributed by atoms with Gasteiger partial charge in [-0.25, -0.2) is 4.98 Å². The fourth-order valence-corrected chi connectivity index (χ4v) is 3.48. The molecule has 0 aliphatic heterocycles. The zero-order chi connectivity index (χ0) is 19.1. The topological polar surface area (TPSA) is 74.2 Å². The number of benzene rings is 2. The number of carbonyl (C=O) groups excluding carboxylic acids is 1. The van der Waals surface area contributed by atoms with Gasteiger partial charge in [0, 0.05) is 36.2 Å². The van der Waals surface area contributed by atoms with Crippen LogP contribution in [0.2, 0.25) is 0 Å². The van der Waals surface area contributed by atoms with Gasteiger partial charge in [-0.3, -0.25) is 10.1 Å². The summed E-state index contributed by atoms with van der Waals surface area (Å²) < 4.78 is 0. The number of nitrogens with one attached hydrogen (secondary N) is 2. The van der Waals surface area contributed by atoms with Crippen LogP contribution in [0.3, 0.4) is 0 Å². The van der Waals surface area contributed by atoms with Gasteiger partial charge in [0.1, 0.15) is 0 Å². The van der Waals surface area contributed by atoms with Crippen LogP contribution in [0.25, 0.3) is 0 Å². The fraction of sp³-hybridized carbons (Fsp3) is 0.238. The molecule has 5 nitrogen and oxygen atoms in total. The number of thiazole rings is 1. The number of aryl methyl sites for hydroxylation is 1. The van der Waals surface area contributed by atoms with Crippen LogP contribution in [-0.2, 0) is 19.4 Å². The summed E-state index contributed by atoms with van der Waals surface area (Å²) in [6.07, 6.45) is 1.48. The average molecular weight is 382 g/mol. The highest BCUT2D eigenvalue weighted by atomic mass is 32.1. The lowest BCUT2D eigenvalue weighted by molar-refractivity contribution is 0.102. The Morgan fingerprint density at radius 3 is 2.67 bits per heavy atom. The molecule has 0 spiro atoms. The van der Waals surface area contributed by atoms with Gasteiger partial charge < -0.3 is 10.4 Å². The van der Waals surface area contributed by atoms with Crippen LogP contribution < -0.4 is 10.6 Å². The molecule has 0 bridgehead atoms. The highest BCUT2D eigenvalue weighted by Crippen LogP contribution is 2.18. The highest BCUT2D eigenvalue weighted by Gasteiger charge is 2.09. The lowest BCUT2D eigenvalue weighted by Crippen LogP contribution is -2.12. The van der Waals surface area contributed by atoms with Gasteiger partial charge in [-0.05, 0) is 35.7 Å². The molecule has 140 valence electrons. The van der Waals surface area contributed by atoms with Crippen molar-refractivity contribution in [2.45, 2.75) is 26.3 Å². The van der Waals surface area contributed by atoms with Gasteiger partial charge in [-0.15, -0.1) is 11.3 Å². The predicted molar refractivity (Wildman–Crippen MR) is 110 cm³/mol. The number of carbonyl (C=O) groups is 1. The number of aromatic nitrogens is 1. The predicted octanol–water partition coefficient (Wildman–Crippen LogP) is 4.10. The van der Waals surface area contributed by atoms with Crippen molar-refractivity contribution in [3.8, 4) is 0 Å². The minimum absolute atomic E-state index is 0.0509. The summed E-state index contributed by atoms with van der Waals surface area (Å²) in [5, 5.41) is 17.6. The summed E-state index contributed by atoms with van der Waals surface area (Å²) in [7, 11) is 0. The Bertz CT molecular complexity index is 890. The van der Waals surface area contributed by atoms with Crippen molar-refractivity contribution in [2.75, 3.05) is 17.2 Å². The zero-order valence-electron chi connectivity index (χ0n) is 15.2. The van der Waals surface area contributed by atoms with E-state index in [1.54, 1.807) is 0 Å². The van der Waals surface area contributed by atoms with E-state index < -0.39 is 0 Å². The van der Waals surface area contributed by atoms with Crippen LogP contribution in [-0.4, -0.2) is 22.6 Å². The molecule has 3 rings (SSSR count). The van der Waals surface area contributed by atoms with E-state index in [2.05, 4.69) is 34.7 Å². The second kappa shape index (κ2) is 9.30. The average Bonchev–Trinajstić information content (AvgIpc) is 3.14. The number of amides is 1. The highest BCUT2D eigenvalue weighted by molar-refractivity contribution is 7.13. The van der Waals surface area contributed by atoms with E-state index >= 15 is 0 Å². The lowest BCUT2D eigenvalue weighted by Gasteiger charge is -2.11. The normalized spacial score (nSPS) is 10.6. The fourth-order valence-electron chi connectivity index (χ4n) is 2.74. The van der Waals surface area contributed by atoms with E-state index in [0.29, 0.717) is 23.7 Å². The molecule has 6 heteroatoms. The maximum absolute atomic E-state index is 12.3. The Labute approximate surface area is 163 Å². The smallest absolute Gasteiger partial charge is 0.257 e. The molecule has 1 amide bonds. The van der Waals surface area contributed by atoms with Crippen LogP contribution >= 0.6 is 11.3 Å². The quantitative estimate of drug-likeness (QED) is 0.549. The number of rotatable bonds is 8. The van der Waals surface area contributed by atoms with Crippen LogP contribution in [0.1, 0.15) is 34.1 Å². The van der Waals surface area contributed by atoms with Crippen LogP contribution in [0.5, 0.6) is 0 Å². The molecule has 0 saturated heterocycles. The molecule has 1 aromatic heterocycles. The van der Waals surface area contributed by atoms with Gasteiger partial charge >= 0.3 is 0 Å². The van der Waals surface area contributed by atoms with E-state index in [1.165, 1.54) is 16.9 Å². The van der Waals surface area contributed by atoms with Crippen molar-refractivity contribution in [2.24, 2.45) is 0 Å². The van der Waals surface area contributed by atoms with Gasteiger partial charge in [-0.2, -0.15) is 0 Å². The number of aliphatic hydroxyl groups is 1. The number of nitrogens with zero attached hydrogens (tertiary/aromatic N) is 1. The number of hydrogen-bond acceptors (Lipinski definition) is 5. The molecule has 27 heavy (non-hydrogen) atoms. The van der Waals surface area contributed by atoms with Crippen molar-refractivity contribution in [3.05, 3.63) is 76.3 Å². The second-order valence-corrected chi connectivity index (χ2v) is 6.99. The number of hydrogen-bond donors (Lipinski definition) is 3. The molecule has 2 aromatic carbocycles. The minimum atomic E-state index is -0.185. The standard InChI is InChI=1S/C21H23N3O2S/c1-2-16-5-3-4-6-19(16)22-13-15-7-9-17(10-8-15)20(26)24-21-23-18(11-12-25)14-27-21/h3-10,14,22,25H,2,11-13H2,1H3,(H,23,24,26). The van der Waals surface area contributed by atoms with Gasteiger partial charge in [0.2, 0.25) is 0 Å². The van der Waals surface area contributed by atoms with E-state index in [1.807, 2.05) is 41.8 Å². The molecule has 1 heterocycles. The Kier molecular flexibility index (Phi) is 6.57. The first-order valence-corrected chi connectivity index (χ1v) is 9.85. The van der Waals surface area contributed by atoms with Crippen LogP contribution in [0.4, 0.5) is 10.8 Å². The molecule has 0 unspecified atom stereocenters. The summed E-state index contributed by atoms with van der Waals surface area (Å²) in [5.41, 5.74) is 4.91. The van der Waals surface area contributed by atoms with E-state index in [-0.39, 0.29) is 12.5 Å². The Morgan fingerprint density at radius 1 is 1.15 bits per heavy atom. The molecule has 0 fully saturated rings. The van der Waals surface area contributed by atoms with Gasteiger partial charge in [0.15, 0.2) is 5.13 Å². The monoisotopic (exact) mass is 381 g/mol. The van der Waals surface area contributed by atoms with Crippen molar-refractivity contribution in [1.29, 1.82) is 0 Å². The van der Waals surface area contributed by atoms with E-state index in [9.17, 15) is 4.79 Å². The molecule has 0 radical (unpaired) electrons. The first-order chi connectivity index (χ1) is 13.2. The Balaban J connectivity index is 1.58. The molecule has 0 saturated carbocycles. The SMILES string of the molecule is CCc1ccccc1NCc1ccc(C(=O)Nc2nc(CCO)cs2)cc1. The lowest BCUT2D eigenvalue weighted by atomic mass is 10.1. The first kappa shape index (κ1) is 19.1. The molecule has 0 aliphatic carbocycles. The molecule has 0 aliphatic rings. The molecular weight excluding hydrogens is 358 g/mol. The molecular formula is C21H23N3O2S. The summed E-state index contributed by atoms with van der Waals surface area (Å²) in [4.78, 5) is 16.6. The van der Waals surface area contributed by atoms with Gasteiger partial charge in [0.05, 0.1) is 5.69 Å². The molecule has 3 aromatic rings. The molecule has 3 N–H and O–H groups in total.